The fourth-order valence-corrected chi connectivity index (χ4v) is 3.56. The van der Waals surface area contributed by atoms with Crippen molar-refractivity contribution in [1.82, 2.24) is 15.1 Å². The topological polar surface area (TPSA) is 50.1 Å². The van der Waals surface area contributed by atoms with E-state index in [1.807, 2.05) is 36.0 Å². The Morgan fingerprint density at radius 2 is 2.19 bits per heavy atom. The largest absolute Gasteiger partial charge is 0.383 e. The first kappa shape index (κ1) is 16.2. The summed E-state index contributed by atoms with van der Waals surface area (Å²) in [5.74, 6) is 0. The minimum absolute atomic E-state index is 0.164. The van der Waals surface area contributed by atoms with Gasteiger partial charge >= 0.3 is 0 Å². The van der Waals surface area contributed by atoms with Gasteiger partial charge in [0.15, 0.2) is 0 Å². The van der Waals surface area contributed by atoms with E-state index in [2.05, 4.69) is 31.2 Å². The Balaban J connectivity index is 2.09. The maximum absolute atomic E-state index is 10.6. The molecule has 0 fully saturated rings. The van der Waals surface area contributed by atoms with E-state index in [4.69, 9.17) is 0 Å². The molecule has 2 N–H and O–H groups in total. The van der Waals surface area contributed by atoms with Crippen molar-refractivity contribution in [2.75, 3.05) is 6.54 Å². The summed E-state index contributed by atoms with van der Waals surface area (Å²) in [6.07, 6.45) is 0. The lowest BCUT2D eigenvalue weighted by atomic mass is 10.0. The molecule has 2 aromatic rings. The zero-order valence-corrected chi connectivity index (χ0v) is 14.3. The van der Waals surface area contributed by atoms with Crippen molar-refractivity contribution in [1.29, 1.82) is 0 Å². The zero-order chi connectivity index (χ0) is 15.6. The van der Waals surface area contributed by atoms with Crippen molar-refractivity contribution in [3.8, 4) is 0 Å². The minimum Gasteiger partial charge on any atom is -0.383 e. The van der Waals surface area contributed by atoms with E-state index < -0.39 is 5.60 Å². The molecule has 0 amide bonds. The molecule has 0 aliphatic rings. The van der Waals surface area contributed by atoms with Gasteiger partial charge in [-0.15, -0.1) is 11.3 Å². The second kappa shape index (κ2) is 6.30. The number of nitrogens with one attached hydrogen (secondary N) is 1. The van der Waals surface area contributed by atoms with E-state index in [0.717, 1.165) is 17.1 Å². The van der Waals surface area contributed by atoms with Crippen LogP contribution in [-0.4, -0.2) is 21.4 Å². The van der Waals surface area contributed by atoms with E-state index in [1.54, 1.807) is 11.3 Å². The summed E-state index contributed by atoms with van der Waals surface area (Å²) >= 11 is 1.58. The van der Waals surface area contributed by atoms with Crippen LogP contribution in [0.1, 0.15) is 48.6 Å². The molecular weight excluding hydrogens is 282 g/mol. The monoisotopic (exact) mass is 307 g/mol. The molecule has 116 valence electrons. The maximum Gasteiger partial charge on any atom is 0.108 e. The van der Waals surface area contributed by atoms with E-state index in [0.29, 0.717) is 6.54 Å². The van der Waals surface area contributed by atoms with Gasteiger partial charge in [0.2, 0.25) is 0 Å². The van der Waals surface area contributed by atoms with Crippen LogP contribution in [0.15, 0.2) is 17.5 Å². The fraction of sp³-hybridized carbons (Fsp3) is 0.562. The van der Waals surface area contributed by atoms with Gasteiger partial charge in [-0.25, -0.2) is 0 Å². The van der Waals surface area contributed by atoms with Crippen LogP contribution < -0.4 is 5.32 Å². The Morgan fingerprint density at radius 1 is 1.48 bits per heavy atom. The van der Waals surface area contributed by atoms with Crippen LogP contribution in [0.5, 0.6) is 0 Å². The van der Waals surface area contributed by atoms with Crippen molar-refractivity contribution in [2.24, 2.45) is 0 Å². The molecule has 0 aliphatic carbocycles. The van der Waals surface area contributed by atoms with Gasteiger partial charge < -0.3 is 10.4 Å². The second-order valence-electron chi connectivity index (χ2n) is 5.75. The highest BCUT2D eigenvalue weighted by molar-refractivity contribution is 7.10. The summed E-state index contributed by atoms with van der Waals surface area (Å²) in [6, 6.07) is 4.11. The number of hydrogen-bond acceptors (Lipinski definition) is 4. The third-order valence-corrected chi connectivity index (χ3v) is 5.10. The van der Waals surface area contributed by atoms with Gasteiger partial charge in [-0.2, -0.15) is 5.10 Å². The number of aryl methyl sites for hydroxylation is 2. The SMILES string of the molecule is CCn1nc(C)c(C(C)NCC(C)(O)c2cccs2)c1C. The van der Waals surface area contributed by atoms with Crippen LogP contribution >= 0.6 is 11.3 Å². The van der Waals surface area contributed by atoms with E-state index in [9.17, 15) is 5.11 Å². The lowest BCUT2D eigenvalue weighted by Crippen LogP contribution is -2.36. The predicted molar refractivity (Wildman–Crippen MR) is 87.7 cm³/mol. The summed E-state index contributed by atoms with van der Waals surface area (Å²) in [5, 5.41) is 20.6. The maximum atomic E-state index is 10.6. The molecular formula is C16H25N3OS. The molecule has 0 saturated heterocycles. The normalized spacial score (nSPS) is 15.9. The summed E-state index contributed by atoms with van der Waals surface area (Å²) < 4.78 is 2.03. The molecule has 0 saturated carbocycles. The van der Waals surface area contributed by atoms with E-state index >= 15 is 0 Å². The van der Waals surface area contributed by atoms with Gasteiger partial charge in [0, 0.05) is 35.3 Å². The first-order valence-corrected chi connectivity index (χ1v) is 8.28. The minimum atomic E-state index is -0.842. The Labute approximate surface area is 130 Å². The quantitative estimate of drug-likeness (QED) is 0.862. The smallest absolute Gasteiger partial charge is 0.108 e. The summed E-state index contributed by atoms with van der Waals surface area (Å²) in [6.45, 7) is 11.6. The van der Waals surface area contributed by atoms with Gasteiger partial charge in [0.05, 0.1) is 5.69 Å². The molecule has 0 aromatic carbocycles. The molecule has 0 bridgehead atoms. The molecule has 2 rings (SSSR count). The average Bonchev–Trinajstić information content (AvgIpc) is 3.05. The van der Waals surface area contributed by atoms with E-state index in [-0.39, 0.29) is 6.04 Å². The predicted octanol–water partition coefficient (Wildman–Crippen LogP) is 3.14. The lowest BCUT2D eigenvalue weighted by molar-refractivity contribution is 0.0580. The first-order valence-electron chi connectivity index (χ1n) is 7.40. The standard InChI is InChI=1S/C16H25N3OS/c1-6-19-13(4)15(12(3)18-19)11(2)17-10-16(5,20)14-8-7-9-21-14/h7-9,11,17,20H,6,10H2,1-5H3. The van der Waals surface area contributed by atoms with Crippen LogP contribution in [0.3, 0.4) is 0 Å². The average molecular weight is 307 g/mol. The van der Waals surface area contributed by atoms with Crippen molar-refractivity contribution in [2.45, 2.75) is 52.8 Å². The second-order valence-corrected chi connectivity index (χ2v) is 6.70. The molecule has 21 heavy (non-hydrogen) atoms. The van der Waals surface area contributed by atoms with Crippen LogP contribution in [-0.2, 0) is 12.1 Å². The third-order valence-electron chi connectivity index (χ3n) is 3.97. The number of aromatic nitrogens is 2. The van der Waals surface area contributed by atoms with Crippen LogP contribution in [0.2, 0.25) is 0 Å². The van der Waals surface area contributed by atoms with Crippen LogP contribution in [0, 0.1) is 13.8 Å². The molecule has 0 aliphatic heterocycles. The number of thiophene rings is 1. The highest BCUT2D eigenvalue weighted by atomic mass is 32.1. The Morgan fingerprint density at radius 3 is 2.71 bits per heavy atom. The molecule has 0 spiro atoms. The van der Waals surface area contributed by atoms with Gasteiger partial charge in [0.1, 0.15) is 5.60 Å². The summed E-state index contributed by atoms with van der Waals surface area (Å²) in [7, 11) is 0. The van der Waals surface area contributed by atoms with E-state index in [1.165, 1.54) is 11.3 Å². The molecule has 4 nitrogen and oxygen atoms in total. The number of aliphatic hydroxyl groups is 1. The number of hydrogen-bond donors (Lipinski definition) is 2. The van der Waals surface area contributed by atoms with Crippen LogP contribution in [0.25, 0.3) is 0 Å². The highest BCUT2D eigenvalue weighted by Crippen LogP contribution is 2.26. The van der Waals surface area contributed by atoms with Crippen LogP contribution in [0.4, 0.5) is 0 Å². The lowest BCUT2D eigenvalue weighted by Gasteiger charge is -2.25. The molecule has 5 heteroatoms. The third kappa shape index (κ3) is 3.36. The zero-order valence-electron chi connectivity index (χ0n) is 13.5. The number of rotatable bonds is 6. The Kier molecular flexibility index (Phi) is 4.86. The molecule has 2 aromatic heterocycles. The first-order chi connectivity index (χ1) is 9.86. The summed E-state index contributed by atoms with van der Waals surface area (Å²) in [4.78, 5) is 0.986. The van der Waals surface area contributed by atoms with Crippen molar-refractivity contribution < 1.29 is 5.11 Å². The molecule has 2 heterocycles. The molecule has 2 unspecified atom stereocenters. The molecule has 2 atom stereocenters. The summed E-state index contributed by atoms with van der Waals surface area (Å²) in [5.41, 5.74) is 2.65. The van der Waals surface area contributed by atoms with Gasteiger partial charge in [-0.05, 0) is 46.1 Å². The number of nitrogens with zero attached hydrogens (tertiary/aromatic N) is 2. The van der Waals surface area contributed by atoms with Gasteiger partial charge in [-0.3, -0.25) is 4.68 Å². The van der Waals surface area contributed by atoms with Gasteiger partial charge in [-0.1, -0.05) is 6.07 Å². The van der Waals surface area contributed by atoms with Gasteiger partial charge in [0.25, 0.3) is 0 Å². The Bertz CT molecular complexity index is 587. The van der Waals surface area contributed by atoms with Crippen molar-refractivity contribution in [3.05, 3.63) is 39.3 Å². The van der Waals surface area contributed by atoms with Crippen molar-refractivity contribution >= 4 is 11.3 Å². The molecule has 0 radical (unpaired) electrons. The highest BCUT2D eigenvalue weighted by Gasteiger charge is 2.26. The fourth-order valence-electron chi connectivity index (χ4n) is 2.77. The van der Waals surface area contributed by atoms with Crippen molar-refractivity contribution in [3.63, 3.8) is 0 Å². The Hall–Kier alpha value is -1.17.